The van der Waals surface area contributed by atoms with Crippen molar-refractivity contribution in [3.05, 3.63) is 0 Å². The smallest absolute Gasteiger partial charge is 0.550 e. The Morgan fingerprint density at radius 1 is 0.600 bits per heavy atom. The van der Waals surface area contributed by atoms with Gasteiger partial charge in [0.2, 0.25) is 0 Å². The summed E-state index contributed by atoms with van der Waals surface area (Å²) in [6, 6.07) is 0. The van der Waals surface area contributed by atoms with Gasteiger partial charge in [0, 0.05) is 11.9 Å². The predicted octanol–water partition coefficient (Wildman–Crippen LogP) is 3.75. The molecule has 0 heterocycles. The second kappa shape index (κ2) is 25.7. The molecule has 0 N–H and O–H groups in total. The van der Waals surface area contributed by atoms with Gasteiger partial charge >= 0.3 is 17.1 Å². The first-order valence-corrected chi connectivity index (χ1v) is 9.88. The number of hydrogen-bond donors (Lipinski definition) is 0. The summed E-state index contributed by atoms with van der Waals surface area (Å²) in [5.41, 5.74) is 0. The van der Waals surface area contributed by atoms with Crippen LogP contribution < -0.4 is 10.2 Å². The summed E-state index contributed by atoms with van der Waals surface area (Å²) in [5.74, 6) is -1.99. The predicted molar refractivity (Wildman–Crippen MR) is 95.2 cm³/mol. The van der Waals surface area contributed by atoms with Gasteiger partial charge in [-0.15, -0.1) is 0 Å². The minimum Gasteiger partial charge on any atom is -0.550 e. The van der Waals surface area contributed by atoms with Crippen molar-refractivity contribution in [3.8, 4) is 0 Å². The third-order valence-electron chi connectivity index (χ3n) is 3.98. The molecule has 0 amide bonds. The van der Waals surface area contributed by atoms with Crippen molar-refractivity contribution < 1.29 is 36.9 Å². The first kappa shape index (κ1) is 29.2. The molecule has 5 heteroatoms. The Hall–Kier alpha value is -0.541. The fourth-order valence-corrected chi connectivity index (χ4v) is 2.64. The summed E-state index contributed by atoms with van der Waals surface area (Å²) >= 11 is 0. The van der Waals surface area contributed by atoms with Gasteiger partial charge in [-0.2, -0.15) is 0 Å². The maximum atomic E-state index is 10.2. The van der Waals surface area contributed by atoms with Gasteiger partial charge in [-0.25, -0.2) is 0 Å². The fourth-order valence-electron chi connectivity index (χ4n) is 2.64. The Bertz CT molecular complexity index is 279. The minimum atomic E-state index is -1.08. The second-order valence-corrected chi connectivity index (χ2v) is 6.56. The van der Waals surface area contributed by atoms with Crippen LogP contribution in [0.2, 0.25) is 0 Å². The third-order valence-corrected chi connectivity index (χ3v) is 3.98. The van der Waals surface area contributed by atoms with Crippen LogP contribution in [0.25, 0.3) is 0 Å². The number of aliphatic carboxylic acids is 2. The number of unbranched alkanes of at least 4 members (excludes halogenated alkanes) is 14. The molecule has 4 nitrogen and oxygen atoms in total. The van der Waals surface area contributed by atoms with Crippen molar-refractivity contribution in [2.24, 2.45) is 0 Å². The summed E-state index contributed by atoms with van der Waals surface area (Å²) in [6.07, 6.45) is 19.9. The second-order valence-electron chi connectivity index (χ2n) is 6.56. The molecule has 0 rings (SSSR count). The maximum Gasteiger partial charge on any atom is 2.00 e. The van der Waals surface area contributed by atoms with E-state index in [4.69, 9.17) is 9.90 Å². The molecule has 0 aromatic carbocycles. The van der Waals surface area contributed by atoms with Gasteiger partial charge in [0.15, 0.2) is 0 Å². The molecular formula is C20H38CuO4. The van der Waals surface area contributed by atoms with Crippen LogP contribution in [0, 0.1) is 0 Å². The van der Waals surface area contributed by atoms with Crippen LogP contribution in [0.15, 0.2) is 0 Å². The Labute approximate surface area is 165 Å². The van der Waals surface area contributed by atoms with Crippen molar-refractivity contribution >= 4 is 11.9 Å². The minimum absolute atomic E-state index is 0. The number of carboxylic acids is 2. The van der Waals surface area contributed by atoms with Crippen molar-refractivity contribution in [3.63, 3.8) is 0 Å². The zero-order chi connectivity index (χ0) is 18.5. The van der Waals surface area contributed by atoms with Crippen LogP contribution in [0.3, 0.4) is 0 Å². The van der Waals surface area contributed by atoms with E-state index in [9.17, 15) is 9.90 Å². The number of carbonyl (C=O) groups excluding carboxylic acids is 2. The van der Waals surface area contributed by atoms with Crippen LogP contribution >= 0.6 is 0 Å². The number of rotatable bonds is 16. The average molecular weight is 406 g/mol. The average Bonchev–Trinajstić information content (AvgIpc) is 2.50. The van der Waals surface area contributed by atoms with E-state index in [2.05, 4.69) is 6.92 Å². The molecule has 0 spiro atoms. The number of hydrogen-bond acceptors (Lipinski definition) is 4. The Morgan fingerprint density at radius 2 is 0.840 bits per heavy atom. The summed E-state index contributed by atoms with van der Waals surface area (Å²) in [6.45, 7) is 3.24. The molecule has 1 radical (unpaired) electrons. The third kappa shape index (κ3) is 39.9. The van der Waals surface area contributed by atoms with Gasteiger partial charge in [0.25, 0.3) is 0 Å². The summed E-state index contributed by atoms with van der Waals surface area (Å²) < 4.78 is 0. The van der Waals surface area contributed by atoms with Gasteiger partial charge in [-0.3, -0.25) is 0 Å². The molecule has 0 bridgehead atoms. The summed E-state index contributed by atoms with van der Waals surface area (Å²) in [5, 5.41) is 19.1. The monoisotopic (exact) mass is 405 g/mol. The summed E-state index contributed by atoms with van der Waals surface area (Å²) in [4.78, 5) is 19.1. The van der Waals surface area contributed by atoms with Gasteiger partial charge < -0.3 is 19.8 Å². The van der Waals surface area contributed by atoms with Crippen molar-refractivity contribution in [2.75, 3.05) is 0 Å². The molecule has 0 unspecified atom stereocenters. The van der Waals surface area contributed by atoms with Crippen molar-refractivity contribution in [1.29, 1.82) is 0 Å². The number of carbonyl (C=O) groups is 2. The van der Waals surface area contributed by atoms with E-state index in [0.29, 0.717) is 0 Å². The molecule has 0 saturated heterocycles. The van der Waals surface area contributed by atoms with E-state index in [1.807, 2.05) is 0 Å². The molecule has 0 aliphatic rings. The Balaban J connectivity index is -0.000000867. The SMILES string of the molecule is CC(=O)[O-].CCCCCCCCCCCCCCCCCC(=O)[O-].[Cu+2]. The molecule has 25 heavy (non-hydrogen) atoms. The molecule has 0 aliphatic heterocycles. The van der Waals surface area contributed by atoms with E-state index in [1.165, 1.54) is 83.5 Å². The van der Waals surface area contributed by atoms with Crippen LogP contribution in [0.5, 0.6) is 0 Å². The molecule has 0 aliphatic carbocycles. The molecular weight excluding hydrogens is 368 g/mol. The van der Waals surface area contributed by atoms with Crippen LogP contribution in [-0.2, 0) is 26.7 Å². The standard InChI is InChI=1S/C18H36O2.C2H4O2.Cu/c1-2-3-4-5-6-7-8-9-10-11-12-13-14-15-16-17-18(19)20;1-2(3)4;/h2-17H2,1H3,(H,19,20);1H3,(H,3,4);/q;;+2/p-2. The number of carboxylic acid groups (broad SMARTS) is 2. The van der Waals surface area contributed by atoms with Gasteiger partial charge in [-0.05, 0) is 19.8 Å². The molecule has 0 aromatic heterocycles. The Morgan fingerprint density at radius 3 is 1.08 bits per heavy atom. The Kier molecular flexibility index (Phi) is 30.0. The van der Waals surface area contributed by atoms with E-state index < -0.39 is 11.9 Å². The van der Waals surface area contributed by atoms with E-state index in [1.54, 1.807) is 0 Å². The van der Waals surface area contributed by atoms with Gasteiger partial charge in [0.05, 0.1) is 0 Å². The zero-order valence-electron chi connectivity index (χ0n) is 16.2. The van der Waals surface area contributed by atoms with Crippen molar-refractivity contribution in [2.45, 2.75) is 117 Å². The van der Waals surface area contributed by atoms with E-state index in [0.717, 1.165) is 19.8 Å². The van der Waals surface area contributed by atoms with Gasteiger partial charge in [-0.1, -0.05) is 96.8 Å². The van der Waals surface area contributed by atoms with Gasteiger partial charge in [0.1, 0.15) is 0 Å². The largest absolute Gasteiger partial charge is 2.00 e. The molecule has 0 aromatic rings. The normalized spacial score (nSPS) is 9.68. The van der Waals surface area contributed by atoms with Crippen LogP contribution in [0.4, 0.5) is 0 Å². The first-order valence-electron chi connectivity index (χ1n) is 9.88. The van der Waals surface area contributed by atoms with Crippen LogP contribution in [0.1, 0.15) is 117 Å². The molecule has 153 valence electrons. The van der Waals surface area contributed by atoms with Crippen molar-refractivity contribution in [1.82, 2.24) is 0 Å². The first-order chi connectivity index (χ1) is 11.5. The molecule has 0 fully saturated rings. The molecule has 0 atom stereocenters. The quantitative estimate of drug-likeness (QED) is 0.289. The zero-order valence-corrected chi connectivity index (χ0v) is 17.2. The maximum absolute atomic E-state index is 10.2. The molecule has 0 saturated carbocycles. The topological polar surface area (TPSA) is 80.3 Å². The van der Waals surface area contributed by atoms with Crippen LogP contribution in [-0.4, -0.2) is 11.9 Å². The summed E-state index contributed by atoms with van der Waals surface area (Å²) in [7, 11) is 0. The fraction of sp³-hybridized carbons (Fsp3) is 0.900. The van der Waals surface area contributed by atoms with E-state index in [-0.39, 0.29) is 23.5 Å². The van der Waals surface area contributed by atoms with E-state index >= 15 is 0 Å².